The van der Waals surface area contributed by atoms with Crippen LogP contribution in [0.15, 0.2) is 12.2 Å². The monoisotopic (exact) mass is 933 g/mol. The van der Waals surface area contributed by atoms with Crippen LogP contribution in [0.3, 0.4) is 0 Å². The summed E-state index contributed by atoms with van der Waals surface area (Å²) in [7, 11) is 0. The van der Waals surface area contributed by atoms with Crippen molar-refractivity contribution >= 4 is 5.97 Å². The topological polar surface area (TPSA) is 214 Å². The maximum atomic E-state index is 13.0. The van der Waals surface area contributed by atoms with Gasteiger partial charge in [-0.3, -0.25) is 4.79 Å². The largest absolute Gasteiger partial charge is 0.457 e. The molecule has 0 saturated carbocycles. The highest BCUT2D eigenvalue weighted by Crippen LogP contribution is 2.26. The first-order valence-corrected chi connectivity index (χ1v) is 26.3. The summed E-state index contributed by atoms with van der Waals surface area (Å²) in [6.45, 7) is 3.70. The first-order chi connectivity index (χ1) is 31.6. The minimum Gasteiger partial charge on any atom is -0.457 e. The van der Waals surface area contributed by atoms with Gasteiger partial charge in [-0.25, -0.2) is 0 Å². The molecule has 2 rings (SSSR count). The fourth-order valence-electron chi connectivity index (χ4n) is 8.46. The van der Waals surface area contributed by atoms with E-state index in [1.165, 1.54) is 135 Å². The minimum absolute atomic E-state index is 0.0628. The molecule has 0 aromatic rings. The molecule has 65 heavy (non-hydrogen) atoms. The predicted octanol–water partition coefficient (Wildman–Crippen LogP) is 7.85. The number of aliphatic hydroxyl groups is 7. The molecule has 2 saturated heterocycles. The molecule has 0 radical (unpaired) electrons. The number of hydrogen-bond donors (Lipinski definition) is 7. The second-order valence-corrected chi connectivity index (χ2v) is 18.7. The average Bonchev–Trinajstić information content (AvgIpc) is 3.30. The zero-order valence-electron chi connectivity index (χ0n) is 40.7. The van der Waals surface area contributed by atoms with Crippen molar-refractivity contribution in [3.8, 4) is 0 Å². The van der Waals surface area contributed by atoms with Gasteiger partial charge in [0, 0.05) is 13.0 Å². The number of aliphatic hydroxyl groups excluding tert-OH is 7. The van der Waals surface area contributed by atoms with Gasteiger partial charge < -0.3 is 64.2 Å². The molecule has 14 heteroatoms. The van der Waals surface area contributed by atoms with Gasteiger partial charge in [0.05, 0.1) is 26.4 Å². The Morgan fingerprint density at radius 1 is 0.492 bits per heavy atom. The predicted molar refractivity (Wildman–Crippen MR) is 252 cm³/mol. The zero-order valence-corrected chi connectivity index (χ0v) is 40.7. The summed E-state index contributed by atoms with van der Waals surface area (Å²) in [5.41, 5.74) is 0. The van der Waals surface area contributed by atoms with Crippen LogP contribution < -0.4 is 0 Å². The van der Waals surface area contributed by atoms with Gasteiger partial charge in [-0.2, -0.15) is 0 Å². The van der Waals surface area contributed by atoms with Crippen LogP contribution in [0.1, 0.15) is 206 Å². The second kappa shape index (κ2) is 39.6. The first-order valence-electron chi connectivity index (χ1n) is 26.3. The van der Waals surface area contributed by atoms with Crippen LogP contribution in [-0.2, 0) is 33.2 Å². The van der Waals surface area contributed by atoms with Crippen molar-refractivity contribution in [3.05, 3.63) is 12.2 Å². The first kappa shape index (κ1) is 59.9. The summed E-state index contributed by atoms with van der Waals surface area (Å²) >= 11 is 0. The number of carbonyl (C=O) groups is 1. The Bertz CT molecular complexity index is 1130. The number of ether oxygens (including phenoxy) is 6. The van der Waals surface area contributed by atoms with E-state index in [0.29, 0.717) is 13.0 Å². The second-order valence-electron chi connectivity index (χ2n) is 18.7. The molecular formula is C51H96O14. The third-order valence-corrected chi connectivity index (χ3v) is 12.8. The molecule has 7 N–H and O–H groups in total. The number of allylic oxidation sites excluding steroid dienone is 2. The molecule has 2 aliphatic rings. The lowest BCUT2D eigenvalue weighted by Crippen LogP contribution is -2.61. The molecule has 2 fully saturated rings. The fourth-order valence-corrected chi connectivity index (χ4v) is 8.46. The third-order valence-electron chi connectivity index (χ3n) is 12.8. The van der Waals surface area contributed by atoms with Gasteiger partial charge in [0.15, 0.2) is 12.6 Å². The van der Waals surface area contributed by atoms with Crippen LogP contribution >= 0.6 is 0 Å². The molecule has 2 aliphatic heterocycles. The van der Waals surface area contributed by atoms with Crippen molar-refractivity contribution < 1.29 is 69.0 Å². The number of rotatable bonds is 42. The summed E-state index contributed by atoms with van der Waals surface area (Å²) in [5, 5.41) is 72.1. The molecule has 0 aliphatic carbocycles. The molecule has 0 aromatic carbocycles. The molecule has 11 unspecified atom stereocenters. The highest BCUT2D eigenvalue weighted by atomic mass is 16.7. The summed E-state index contributed by atoms with van der Waals surface area (Å²) in [6, 6.07) is 0. The summed E-state index contributed by atoms with van der Waals surface area (Å²) in [6.07, 6.45) is 24.1. The van der Waals surface area contributed by atoms with E-state index >= 15 is 0 Å². The van der Waals surface area contributed by atoms with Crippen LogP contribution in [-0.4, -0.2) is 142 Å². The van der Waals surface area contributed by atoms with Crippen LogP contribution in [0.2, 0.25) is 0 Å². The number of carbonyl (C=O) groups excluding carboxylic acids is 1. The molecule has 0 spiro atoms. The Morgan fingerprint density at radius 3 is 1.40 bits per heavy atom. The fraction of sp³-hybridized carbons (Fsp3) is 0.941. The molecule has 14 nitrogen and oxygen atoms in total. The summed E-state index contributed by atoms with van der Waals surface area (Å²) in [4.78, 5) is 13.0. The zero-order chi connectivity index (χ0) is 47.3. The summed E-state index contributed by atoms with van der Waals surface area (Å²) in [5.74, 6) is -0.375. The Morgan fingerprint density at radius 2 is 0.908 bits per heavy atom. The lowest BCUT2D eigenvalue weighted by atomic mass is 9.98. The van der Waals surface area contributed by atoms with E-state index in [1.807, 2.05) is 0 Å². The standard InChI is InChI=1S/C51H96O14/c1-3-5-7-9-11-13-15-17-19-21-23-25-27-29-31-33-35-60-37-40(63-43(53)34-32-30-28-26-24-22-20-18-16-14-12-10-8-6-4-2)38-61-50-49(59)47(57)45(55)42(65-50)39-62-51-48(58)46(56)44(54)41(36-52)64-51/h17,19,40-42,44-52,54-59H,3-16,18,20-39H2,1-2H3/b19-17-. The number of esters is 1. The van der Waals surface area contributed by atoms with Crippen molar-refractivity contribution in [2.24, 2.45) is 0 Å². The van der Waals surface area contributed by atoms with E-state index in [1.54, 1.807) is 0 Å². The maximum Gasteiger partial charge on any atom is 0.306 e. The Balaban J connectivity index is 1.76. The SMILES string of the molecule is CCCCCCCC/C=C\CCCCCCCCOCC(COC1OC(COC2OC(CO)C(O)C(O)C2O)C(O)C(O)C1O)OC(=O)CCCCCCCCCCCCCCCCC. The van der Waals surface area contributed by atoms with E-state index in [-0.39, 0.29) is 25.6 Å². The molecule has 0 amide bonds. The maximum absolute atomic E-state index is 13.0. The van der Waals surface area contributed by atoms with Crippen molar-refractivity contribution in [2.45, 2.75) is 274 Å². The van der Waals surface area contributed by atoms with E-state index in [0.717, 1.165) is 44.9 Å². The van der Waals surface area contributed by atoms with Crippen molar-refractivity contribution in [2.75, 3.05) is 33.0 Å². The van der Waals surface area contributed by atoms with Crippen LogP contribution in [0.25, 0.3) is 0 Å². The van der Waals surface area contributed by atoms with Crippen LogP contribution in [0, 0.1) is 0 Å². The third kappa shape index (κ3) is 27.5. The molecular weight excluding hydrogens is 837 g/mol. The lowest BCUT2D eigenvalue weighted by molar-refractivity contribution is -0.332. The van der Waals surface area contributed by atoms with Gasteiger partial charge in [-0.15, -0.1) is 0 Å². The Hall–Kier alpha value is -1.27. The minimum atomic E-state index is -1.70. The van der Waals surface area contributed by atoms with Crippen molar-refractivity contribution in [3.63, 3.8) is 0 Å². The molecule has 384 valence electrons. The van der Waals surface area contributed by atoms with Gasteiger partial charge in [0.1, 0.15) is 54.9 Å². The van der Waals surface area contributed by atoms with Crippen molar-refractivity contribution in [1.29, 1.82) is 0 Å². The number of unbranched alkanes of at least 4 members (excludes halogenated alkanes) is 26. The van der Waals surface area contributed by atoms with Gasteiger partial charge in [0.2, 0.25) is 0 Å². The van der Waals surface area contributed by atoms with Gasteiger partial charge in [-0.05, 0) is 38.5 Å². The average molecular weight is 933 g/mol. The highest BCUT2D eigenvalue weighted by Gasteiger charge is 2.47. The Kier molecular flexibility index (Phi) is 36.4. The smallest absolute Gasteiger partial charge is 0.306 e. The quantitative estimate of drug-likeness (QED) is 0.0176. The normalized spacial score (nSPS) is 26.5. The van der Waals surface area contributed by atoms with E-state index in [9.17, 15) is 40.5 Å². The lowest BCUT2D eigenvalue weighted by Gasteiger charge is -2.42. The van der Waals surface area contributed by atoms with Gasteiger partial charge in [-0.1, -0.05) is 174 Å². The van der Waals surface area contributed by atoms with Gasteiger partial charge >= 0.3 is 5.97 Å². The highest BCUT2D eigenvalue weighted by molar-refractivity contribution is 5.69. The molecule has 0 bridgehead atoms. The van der Waals surface area contributed by atoms with Crippen LogP contribution in [0.5, 0.6) is 0 Å². The summed E-state index contributed by atoms with van der Waals surface area (Å²) < 4.78 is 34.3. The van der Waals surface area contributed by atoms with Crippen LogP contribution in [0.4, 0.5) is 0 Å². The molecule has 0 aromatic heterocycles. The number of hydrogen-bond acceptors (Lipinski definition) is 14. The molecule has 2 heterocycles. The van der Waals surface area contributed by atoms with E-state index < -0.39 is 80.7 Å². The van der Waals surface area contributed by atoms with E-state index in [4.69, 9.17) is 28.4 Å². The molecule has 11 atom stereocenters. The van der Waals surface area contributed by atoms with Crippen molar-refractivity contribution in [1.82, 2.24) is 0 Å². The Labute approximate surface area is 393 Å². The van der Waals surface area contributed by atoms with E-state index in [2.05, 4.69) is 26.0 Å². The van der Waals surface area contributed by atoms with Gasteiger partial charge in [0.25, 0.3) is 0 Å².